The third-order valence-electron chi connectivity index (χ3n) is 3.59. The highest BCUT2D eigenvalue weighted by molar-refractivity contribution is 7.94. The normalized spacial score (nSPS) is 19.4. The number of rotatable bonds is 5. The third kappa shape index (κ3) is 2.69. The van der Waals surface area contributed by atoms with Crippen LogP contribution in [0.4, 0.5) is 0 Å². The van der Waals surface area contributed by atoms with Gasteiger partial charge in [-0.15, -0.1) is 0 Å². The summed E-state index contributed by atoms with van der Waals surface area (Å²) in [6.45, 7) is 8.33. The largest absolute Gasteiger partial charge is 0.353 e. The number of hydrogen-bond acceptors (Lipinski definition) is 4. The highest BCUT2D eigenvalue weighted by atomic mass is 32.2. The number of nitrogens with two attached hydrogens (primary N) is 1. The van der Waals surface area contributed by atoms with E-state index in [0.29, 0.717) is 12.8 Å². The van der Waals surface area contributed by atoms with Gasteiger partial charge in [-0.05, 0) is 47.5 Å². The lowest BCUT2D eigenvalue weighted by molar-refractivity contribution is -0.125. The Morgan fingerprint density at radius 2 is 1.72 bits per heavy atom. The summed E-state index contributed by atoms with van der Waals surface area (Å²) in [4.78, 5) is 11.7. The maximum Gasteiger partial charge on any atom is 0.239 e. The van der Waals surface area contributed by atoms with E-state index in [2.05, 4.69) is 5.32 Å². The Morgan fingerprint density at radius 1 is 1.28 bits per heavy atom. The van der Waals surface area contributed by atoms with E-state index in [9.17, 15) is 13.2 Å². The number of carbonyl (C=O) groups excluding carboxylic acids is 1. The number of hydrogen-bond donors (Lipinski definition) is 2. The zero-order valence-electron chi connectivity index (χ0n) is 11.8. The molecule has 0 radical (unpaired) electrons. The zero-order chi connectivity index (χ0) is 14.4. The maximum atomic E-state index is 12.4. The molecule has 106 valence electrons. The van der Waals surface area contributed by atoms with Gasteiger partial charge in [0.15, 0.2) is 9.84 Å². The molecule has 1 saturated carbocycles. The first-order chi connectivity index (χ1) is 7.83. The predicted octanol–water partition coefficient (Wildman–Crippen LogP) is 0.586. The van der Waals surface area contributed by atoms with Crippen molar-refractivity contribution in [1.82, 2.24) is 5.32 Å². The monoisotopic (exact) mass is 276 g/mol. The Morgan fingerprint density at radius 3 is 2.06 bits per heavy atom. The van der Waals surface area contributed by atoms with Crippen molar-refractivity contribution >= 4 is 15.7 Å². The van der Waals surface area contributed by atoms with E-state index in [1.165, 1.54) is 0 Å². The molecule has 0 aromatic carbocycles. The lowest BCUT2D eigenvalue weighted by Gasteiger charge is -2.30. The van der Waals surface area contributed by atoms with E-state index in [0.717, 1.165) is 0 Å². The fraction of sp³-hybridized carbons (Fsp3) is 0.917. The van der Waals surface area contributed by atoms with Crippen LogP contribution in [0.5, 0.6) is 0 Å². The first-order valence-corrected chi connectivity index (χ1v) is 7.63. The van der Waals surface area contributed by atoms with Crippen LogP contribution in [0.3, 0.4) is 0 Å². The Kier molecular flexibility index (Phi) is 3.60. The van der Waals surface area contributed by atoms with Gasteiger partial charge in [-0.1, -0.05) is 0 Å². The molecule has 1 fully saturated rings. The molecule has 0 atom stereocenters. The molecule has 5 nitrogen and oxygen atoms in total. The van der Waals surface area contributed by atoms with Crippen LogP contribution in [0.15, 0.2) is 0 Å². The summed E-state index contributed by atoms with van der Waals surface area (Å²) in [5, 5.41) is 2.63. The summed E-state index contributed by atoms with van der Waals surface area (Å²) in [5.74, 6) is -0.341. The summed E-state index contributed by atoms with van der Waals surface area (Å²) in [5.41, 5.74) is 4.66. The molecule has 1 rings (SSSR count). The number of sulfone groups is 1. The van der Waals surface area contributed by atoms with Crippen molar-refractivity contribution in [2.75, 3.05) is 6.54 Å². The molecule has 0 unspecified atom stereocenters. The predicted molar refractivity (Wildman–Crippen MR) is 71.9 cm³/mol. The van der Waals surface area contributed by atoms with Crippen LogP contribution in [0.2, 0.25) is 0 Å². The van der Waals surface area contributed by atoms with Crippen LogP contribution in [-0.4, -0.2) is 35.9 Å². The lowest BCUT2D eigenvalue weighted by atomic mass is 10.1. The molecule has 1 aliphatic rings. The minimum absolute atomic E-state index is 0.0877. The quantitative estimate of drug-likeness (QED) is 0.769. The average molecular weight is 276 g/mol. The summed E-state index contributed by atoms with van der Waals surface area (Å²) >= 11 is 0. The number of amides is 1. The van der Waals surface area contributed by atoms with Gasteiger partial charge < -0.3 is 11.1 Å². The van der Waals surface area contributed by atoms with E-state index < -0.39 is 24.9 Å². The van der Waals surface area contributed by atoms with Crippen LogP contribution >= 0.6 is 0 Å². The molecule has 1 amide bonds. The van der Waals surface area contributed by atoms with Crippen LogP contribution < -0.4 is 11.1 Å². The smallest absolute Gasteiger partial charge is 0.239 e. The van der Waals surface area contributed by atoms with E-state index in [4.69, 9.17) is 5.73 Å². The van der Waals surface area contributed by atoms with Crippen molar-refractivity contribution in [3.05, 3.63) is 0 Å². The highest BCUT2D eigenvalue weighted by Crippen LogP contribution is 2.47. The summed E-state index contributed by atoms with van der Waals surface area (Å²) in [7, 11) is -3.26. The highest BCUT2D eigenvalue weighted by Gasteiger charge is 2.56. The third-order valence-corrected chi connectivity index (χ3v) is 6.90. The second-order valence-electron chi connectivity index (χ2n) is 6.62. The molecular weight excluding hydrogens is 252 g/mol. The maximum absolute atomic E-state index is 12.4. The Labute approximate surface area is 109 Å². The van der Waals surface area contributed by atoms with Crippen molar-refractivity contribution in [2.45, 2.75) is 62.5 Å². The molecule has 0 bridgehead atoms. The molecule has 0 spiro atoms. The lowest BCUT2D eigenvalue weighted by Crippen LogP contribution is -2.54. The van der Waals surface area contributed by atoms with Gasteiger partial charge in [0.05, 0.1) is 15.0 Å². The first-order valence-electron chi connectivity index (χ1n) is 6.15. The van der Waals surface area contributed by atoms with Crippen LogP contribution in [0, 0.1) is 0 Å². The van der Waals surface area contributed by atoms with Crippen molar-refractivity contribution in [2.24, 2.45) is 5.73 Å². The molecule has 0 saturated heterocycles. The van der Waals surface area contributed by atoms with Gasteiger partial charge in [0, 0.05) is 6.54 Å². The molecule has 6 heteroatoms. The van der Waals surface area contributed by atoms with Gasteiger partial charge in [0.1, 0.15) is 0 Å². The van der Waals surface area contributed by atoms with Crippen molar-refractivity contribution < 1.29 is 13.2 Å². The second-order valence-corrected chi connectivity index (χ2v) is 9.72. The van der Waals surface area contributed by atoms with Gasteiger partial charge >= 0.3 is 0 Å². The van der Waals surface area contributed by atoms with Crippen LogP contribution in [-0.2, 0) is 14.6 Å². The van der Waals surface area contributed by atoms with Gasteiger partial charge in [0.2, 0.25) is 5.91 Å². The van der Waals surface area contributed by atoms with E-state index in [-0.39, 0.29) is 12.5 Å². The van der Waals surface area contributed by atoms with Gasteiger partial charge in [-0.3, -0.25) is 4.79 Å². The number of carbonyl (C=O) groups is 1. The fourth-order valence-electron chi connectivity index (χ4n) is 1.73. The Hall–Kier alpha value is -0.620. The topological polar surface area (TPSA) is 89.3 Å². The molecule has 0 aromatic rings. The van der Waals surface area contributed by atoms with Gasteiger partial charge in [-0.25, -0.2) is 8.42 Å². The molecule has 0 aliphatic heterocycles. The average Bonchev–Trinajstić information content (AvgIpc) is 2.92. The molecule has 18 heavy (non-hydrogen) atoms. The van der Waals surface area contributed by atoms with Crippen molar-refractivity contribution in [3.63, 3.8) is 0 Å². The minimum atomic E-state index is -3.26. The molecule has 1 aliphatic carbocycles. The SMILES string of the molecule is CC(C)(N)C(=O)NCC(C)(C)S(=O)(=O)C1(C)CC1. The standard InChI is InChI=1S/C12H24N2O3S/c1-10(2,8-14-9(15)11(3,4)13)18(16,17)12(5)6-7-12/h6-8,13H2,1-5H3,(H,14,15). The summed E-state index contributed by atoms with van der Waals surface area (Å²) in [6, 6.07) is 0. The zero-order valence-corrected chi connectivity index (χ0v) is 12.6. The van der Waals surface area contributed by atoms with Crippen LogP contribution in [0.25, 0.3) is 0 Å². The van der Waals surface area contributed by atoms with Crippen molar-refractivity contribution in [3.8, 4) is 0 Å². The fourth-order valence-corrected chi connectivity index (χ4v) is 3.96. The Bertz CT molecular complexity index is 442. The number of nitrogens with one attached hydrogen (secondary N) is 1. The van der Waals surface area contributed by atoms with E-state index in [1.54, 1.807) is 34.6 Å². The van der Waals surface area contributed by atoms with E-state index in [1.807, 2.05) is 0 Å². The van der Waals surface area contributed by atoms with Crippen molar-refractivity contribution in [1.29, 1.82) is 0 Å². The molecule has 0 aromatic heterocycles. The van der Waals surface area contributed by atoms with Gasteiger partial charge in [-0.2, -0.15) is 0 Å². The summed E-state index contributed by atoms with van der Waals surface area (Å²) < 4.78 is 23.2. The minimum Gasteiger partial charge on any atom is -0.353 e. The van der Waals surface area contributed by atoms with Gasteiger partial charge in [0.25, 0.3) is 0 Å². The van der Waals surface area contributed by atoms with E-state index >= 15 is 0 Å². The molecule has 0 heterocycles. The molecular formula is C12H24N2O3S. The second kappa shape index (κ2) is 4.20. The van der Waals surface area contributed by atoms with Crippen LogP contribution in [0.1, 0.15) is 47.5 Å². The molecule has 3 N–H and O–H groups in total. The summed E-state index contributed by atoms with van der Waals surface area (Å²) in [6.07, 6.45) is 1.41. The first kappa shape index (κ1) is 15.4. The Balaban J connectivity index is 2.75.